The number of amides is 1. The summed E-state index contributed by atoms with van der Waals surface area (Å²) < 4.78 is 0. The normalized spacial score (nSPS) is 13.1. The maximum absolute atomic E-state index is 10.4. The lowest BCUT2D eigenvalue weighted by atomic mass is 10.0. The zero-order valence-corrected chi connectivity index (χ0v) is 9.70. The van der Waals surface area contributed by atoms with Crippen molar-refractivity contribution in [1.29, 1.82) is 0 Å². The molecule has 0 spiro atoms. The summed E-state index contributed by atoms with van der Waals surface area (Å²) in [4.78, 5) is 12.1. The van der Waals surface area contributed by atoms with Crippen LogP contribution in [0.5, 0.6) is 0 Å². The third kappa shape index (κ3) is 7.84. The van der Waals surface area contributed by atoms with E-state index in [-0.39, 0.29) is 0 Å². The first-order chi connectivity index (χ1) is 6.70. The fourth-order valence-electron chi connectivity index (χ4n) is 1.49. The molecule has 82 valence electrons. The van der Waals surface area contributed by atoms with Gasteiger partial charge in [-0.2, -0.15) is 0 Å². The molecule has 0 bridgehead atoms. The number of allylic oxidation sites excluding steroid dienone is 2. The monoisotopic (exact) mass is 197 g/mol. The van der Waals surface area contributed by atoms with Gasteiger partial charge in [0.25, 0.3) is 0 Å². The molecule has 0 aromatic heterocycles. The number of hydrogen-bond acceptors (Lipinski definition) is 1. The van der Waals surface area contributed by atoms with Crippen LogP contribution in [-0.4, -0.2) is 24.9 Å². The molecule has 0 saturated heterocycles. The van der Waals surface area contributed by atoms with Crippen molar-refractivity contribution >= 4 is 6.41 Å². The zero-order chi connectivity index (χ0) is 10.8. The van der Waals surface area contributed by atoms with Gasteiger partial charge in [0.05, 0.1) is 0 Å². The quantitative estimate of drug-likeness (QED) is 0.333. The van der Waals surface area contributed by atoms with Gasteiger partial charge in [0.1, 0.15) is 0 Å². The van der Waals surface area contributed by atoms with Crippen LogP contribution in [0.25, 0.3) is 0 Å². The molecule has 0 aliphatic carbocycles. The zero-order valence-electron chi connectivity index (χ0n) is 9.70. The Morgan fingerprint density at radius 2 is 2.07 bits per heavy atom. The highest BCUT2D eigenvalue weighted by molar-refractivity contribution is 5.46. The Balaban J connectivity index is 3.39. The minimum atomic E-state index is 0.611. The van der Waals surface area contributed by atoms with Crippen molar-refractivity contribution in [3.8, 4) is 0 Å². The Hall–Kier alpha value is -0.790. The number of carbonyl (C=O) groups is 1. The van der Waals surface area contributed by atoms with Crippen molar-refractivity contribution in [3.63, 3.8) is 0 Å². The Labute approximate surface area is 88.0 Å². The van der Waals surface area contributed by atoms with Crippen LogP contribution in [0.4, 0.5) is 0 Å². The Kier molecular flexibility index (Phi) is 8.30. The molecule has 0 aromatic carbocycles. The molecule has 0 saturated carbocycles. The second-order valence-corrected chi connectivity index (χ2v) is 3.96. The lowest BCUT2D eigenvalue weighted by Crippen LogP contribution is -2.22. The van der Waals surface area contributed by atoms with Crippen LogP contribution in [-0.2, 0) is 4.79 Å². The van der Waals surface area contributed by atoms with E-state index in [0.29, 0.717) is 5.92 Å². The summed E-state index contributed by atoms with van der Waals surface area (Å²) in [6.45, 7) is 5.22. The minimum Gasteiger partial charge on any atom is -0.348 e. The molecule has 0 aliphatic rings. The van der Waals surface area contributed by atoms with Crippen LogP contribution in [0.2, 0.25) is 0 Å². The van der Waals surface area contributed by atoms with Crippen molar-refractivity contribution in [2.24, 2.45) is 5.92 Å². The number of hydrogen-bond donors (Lipinski definition) is 0. The second-order valence-electron chi connectivity index (χ2n) is 3.96. The average molecular weight is 197 g/mol. The molecule has 0 aromatic rings. The van der Waals surface area contributed by atoms with Gasteiger partial charge in [-0.1, -0.05) is 26.0 Å². The van der Waals surface area contributed by atoms with Gasteiger partial charge < -0.3 is 4.90 Å². The van der Waals surface area contributed by atoms with E-state index >= 15 is 0 Å². The van der Waals surface area contributed by atoms with Gasteiger partial charge in [-0.3, -0.25) is 4.79 Å². The summed E-state index contributed by atoms with van der Waals surface area (Å²) in [6.07, 6.45) is 10.1. The van der Waals surface area contributed by atoms with E-state index in [4.69, 9.17) is 0 Å². The molecule has 0 N–H and O–H groups in total. The largest absolute Gasteiger partial charge is 0.348 e. The van der Waals surface area contributed by atoms with Crippen LogP contribution < -0.4 is 0 Å². The van der Waals surface area contributed by atoms with Gasteiger partial charge in [0, 0.05) is 13.6 Å². The van der Waals surface area contributed by atoms with Gasteiger partial charge in [0.15, 0.2) is 0 Å². The van der Waals surface area contributed by atoms with Gasteiger partial charge in [-0.15, -0.1) is 0 Å². The van der Waals surface area contributed by atoms with E-state index in [2.05, 4.69) is 26.0 Å². The SMILES string of the molecule is CC/C=C\CCCC(C)CN(C)C=O. The first-order valence-corrected chi connectivity index (χ1v) is 5.51. The molecule has 0 aliphatic heterocycles. The summed E-state index contributed by atoms with van der Waals surface area (Å²) in [5.41, 5.74) is 0. The summed E-state index contributed by atoms with van der Waals surface area (Å²) in [6, 6.07) is 0. The van der Waals surface area contributed by atoms with Crippen molar-refractivity contribution in [1.82, 2.24) is 4.90 Å². The molecule has 0 fully saturated rings. The van der Waals surface area contributed by atoms with Crippen LogP contribution in [0.1, 0.15) is 39.5 Å². The third-order valence-corrected chi connectivity index (χ3v) is 2.25. The Bertz CT molecular complexity index is 166. The molecule has 2 nitrogen and oxygen atoms in total. The number of unbranched alkanes of at least 4 members (excludes halogenated alkanes) is 1. The fourth-order valence-corrected chi connectivity index (χ4v) is 1.49. The van der Waals surface area contributed by atoms with Crippen molar-refractivity contribution in [2.45, 2.75) is 39.5 Å². The minimum absolute atomic E-state index is 0.611. The van der Waals surface area contributed by atoms with Crippen LogP contribution >= 0.6 is 0 Å². The lowest BCUT2D eigenvalue weighted by Gasteiger charge is -2.16. The maximum atomic E-state index is 10.4. The lowest BCUT2D eigenvalue weighted by molar-refractivity contribution is -0.117. The molecule has 1 unspecified atom stereocenters. The van der Waals surface area contributed by atoms with Gasteiger partial charge in [-0.05, 0) is 31.6 Å². The smallest absolute Gasteiger partial charge is 0.209 e. The number of carbonyl (C=O) groups excluding carboxylic acids is 1. The van der Waals surface area contributed by atoms with Crippen LogP contribution in [0, 0.1) is 5.92 Å². The first-order valence-electron chi connectivity index (χ1n) is 5.51. The average Bonchev–Trinajstić information content (AvgIpc) is 2.17. The van der Waals surface area contributed by atoms with E-state index in [1.807, 2.05) is 7.05 Å². The van der Waals surface area contributed by atoms with E-state index in [1.165, 1.54) is 19.3 Å². The summed E-state index contributed by atoms with van der Waals surface area (Å²) in [5.74, 6) is 0.611. The summed E-state index contributed by atoms with van der Waals surface area (Å²) in [7, 11) is 1.83. The molecule has 14 heavy (non-hydrogen) atoms. The molecular weight excluding hydrogens is 174 g/mol. The summed E-state index contributed by atoms with van der Waals surface area (Å²) in [5, 5.41) is 0. The predicted molar refractivity (Wildman–Crippen MR) is 61.1 cm³/mol. The van der Waals surface area contributed by atoms with E-state index in [9.17, 15) is 4.79 Å². The van der Waals surface area contributed by atoms with Gasteiger partial charge in [0.2, 0.25) is 6.41 Å². The highest BCUT2D eigenvalue weighted by Crippen LogP contribution is 2.08. The number of rotatable bonds is 8. The molecule has 0 rings (SSSR count). The maximum Gasteiger partial charge on any atom is 0.209 e. The third-order valence-electron chi connectivity index (χ3n) is 2.25. The van der Waals surface area contributed by atoms with E-state index < -0.39 is 0 Å². The van der Waals surface area contributed by atoms with Crippen LogP contribution in [0.15, 0.2) is 12.2 Å². The second kappa shape index (κ2) is 8.79. The number of nitrogens with zero attached hydrogens (tertiary/aromatic N) is 1. The summed E-state index contributed by atoms with van der Waals surface area (Å²) >= 11 is 0. The van der Waals surface area contributed by atoms with Crippen molar-refractivity contribution in [3.05, 3.63) is 12.2 Å². The highest BCUT2D eigenvalue weighted by atomic mass is 16.1. The standard InChI is InChI=1S/C12H23NO/c1-4-5-6-7-8-9-12(2)10-13(3)11-14/h5-6,11-12H,4,7-10H2,1-3H3/b6-5-. The molecule has 1 amide bonds. The van der Waals surface area contributed by atoms with Crippen molar-refractivity contribution < 1.29 is 4.79 Å². The van der Waals surface area contributed by atoms with E-state index in [1.54, 1.807) is 4.90 Å². The molecular formula is C12H23NO. The van der Waals surface area contributed by atoms with Crippen LogP contribution in [0.3, 0.4) is 0 Å². The van der Waals surface area contributed by atoms with Crippen molar-refractivity contribution in [2.75, 3.05) is 13.6 Å². The molecule has 0 radical (unpaired) electrons. The Morgan fingerprint density at radius 3 is 2.64 bits per heavy atom. The van der Waals surface area contributed by atoms with Gasteiger partial charge in [-0.25, -0.2) is 0 Å². The van der Waals surface area contributed by atoms with E-state index in [0.717, 1.165) is 19.4 Å². The highest BCUT2D eigenvalue weighted by Gasteiger charge is 2.03. The fraction of sp³-hybridized carbons (Fsp3) is 0.750. The topological polar surface area (TPSA) is 20.3 Å². The Morgan fingerprint density at radius 1 is 1.36 bits per heavy atom. The van der Waals surface area contributed by atoms with Gasteiger partial charge >= 0.3 is 0 Å². The predicted octanol–water partition coefficient (Wildman–Crippen LogP) is 2.85. The first kappa shape index (κ1) is 13.2. The molecule has 2 heteroatoms. The molecule has 1 atom stereocenters. The molecule has 0 heterocycles.